The van der Waals surface area contributed by atoms with Gasteiger partial charge in [-0.25, -0.2) is 4.79 Å². The van der Waals surface area contributed by atoms with E-state index < -0.39 is 61.1 Å². The molecule has 1 saturated carbocycles. The van der Waals surface area contributed by atoms with E-state index in [0.717, 1.165) is 0 Å². The topological polar surface area (TPSA) is 155 Å². The predicted octanol–water partition coefficient (Wildman–Crippen LogP) is -2.01. The summed E-state index contributed by atoms with van der Waals surface area (Å²) >= 11 is 0. The molecule has 3 rings (SSSR count). The van der Waals surface area contributed by atoms with Crippen LogP contribution in [0.5, 0.6) is 0 Å². The van der Waals surface area contributed by atoms with E-state index in [-0.39, 0.29) is 11.5 Å². The van der Waals surface area contributed by atoms with Crippen LogP contribution in [0.2, 0.25) is 0 Å². The minimum Gasteiger partial charge on any atom is -0.471 e. The molecule has 9 atom stereocenters. The number of fused-ring (bicyclic) bond motifs is 1. The van der Waals surface area contributed by atoms with Crippen LogP contribution in [-0.4, -0.2) is 87.8 Å². The molecule has 0 amide bonds. The number of carbonyl (C=O) groups excluding carboxylic acids is 1. The van der Waals surface area contributed by atoms with Gasteiger partial charge in [-0.05, 0) is 19.8 Å². The fraction of sp³-hybridized carbons (Fsp3) is 0.824. The number of hydrogen-bond donors (Lipinski definition) is 5. The molecule has 1 saturated heterocycles. The fourth-order valence-corrected chi connectivity index (χ4v) is 4.12. The van der Waals surface area contributed by atoms with Gasteiger partial charge in [0, 0.05) is 5.92 Å². The summed E-state index contributed by atoms with van der Waals surface area (Å²) in [5.41, 5.74) is -0.925. The number of ether oxygens (including phenoxy) is 4. The van der Waals surface area contributed by atoms with Gasteiger partial charge >= 0.3 is 5.97 Å². The first-order valence-corrected chi connectivity index (χ1v) is 8.83. The highest BCUT2D eigenvalue weighted by atomic mass is 16.8. The average Bonchev–Trinajstić information content (AvgIpc) is 2.97. The molecule has 154 valence electrons. The Labute approximate surface area is 155 Å². The van der Waals surface area contributed by atoms with E-state index in [0.29, 0.717) is 12.8 Å². The van der Waals surface area contributed by atoms with E-state index in [4.69, 9.17) is 18.9 Å². The second-order valence-corrected chi connectivity index (χ2v) is 7.43. The van der Waals surface area contributed by atoms with Crippen molar-refractivity contribution < 1.29 is 49.3 Å². The number of rotatable bonds is 4. The Bertz CT molecular complexity index is 588. The number of methoxy groups -OCH3 is 1. The quantitative estimate of drug-likeness (QED) is 0.340. The number of aliphatic hydroxyl groups excluding tert-OH is 4. The maximum Gasteiger partial charge on any atom is 0.337 e. The lowest BCUT2D eigenvalue weighted by atomic mass is 9.81. The zero-order valence-electron chi connectivity index (χ0n) is 15.1. The second-order valence-electron chi connectivity index (χ2n) is 7.43. The molecule has 27 heavy (non-hydrogen) atoms. The Morgan fingerprint density at radius 1 is 1.26 bits per heavy atom. The molecule has 1 aliphatic carbocycles. The number of carbonyl (C=O) groups is 1. The first kappa shape index (κ1) is 20.5. The van der Waals surface area contributed by atoms with E-state index in [9.17, 15) is 30.3 Å². The highest BCUT2D eigenvalue weighted by Crippen LogP contribution is 2.49. The monoisotopic (exact) mass is 390 g/mol. The molecular weight excluding hydrogens is 364 g/mol. The Balaban J connectivity index is 1.82. The maximum absolute atomic E-state index is 12.0. The lowest BCUT2D eigenvalue weighted by Gasteiger charge is -2.44. The van der Waals surface area contributed by atoms with Gasteiger partial charge in [0.2, 0.25) is 6.29 Å². The van der Waals surface area contributed by atoms with Crippen LogP contribution in [0.25, 0.3) is 0 Å². The van der Waals surface area contributed by atoms with Crippen molar-refractivity contribution >= 4 is 5.97 Å². The Kier molecular flexibility index (Phi) is 5.78. The third-order valence-electron chi connectivity index (χ3n) is 5.67. The largest absolute Gasteiger partial charge is 0.471 e. The Morgan fingerprint density at radius 2 is 1.96 bits per heavy atom. The minimum absolute atomic E-state index is 0.286. The Morgan fingerprint density at radius 3 is 2.59 bits per heavy atom. The van der Waals surface area contributed by atoms with Crippen molar-refractivity contribution in [3.05, 3.63) is 11.8 Å². The van der Waals surface area contributed by atoms with Gasteiger partial charge in [-0.2, -0.15) is 0 Å². The molecule has 3 unspecified atom stereocenters. The highest BCUT2D eigenvalue weighted by Gasteiger charge is 2.56. The molecule has 2 aliphatic heterocycles. The normalized spacial score (nSPS) is 47.0. The molecule has 5 N–H and O–H groups in total. The number of hydrogen-bond acceptors (Lipinski definition) is 10. The molecule has 0 aromatic carbocycles. The van der Waals surface area contributed by atoms with Crippen LogP contribution < -0.4 is 0 Å². The zero-order valence-corrected chi connectivity index (χ0v) is 15.1. The molecule has 2 fully saturated rings. The van der Waals surface area contributed by atoms with Gasteiger partial charge in [-0.15, -0.1) is 0 Å². The van der Waals surface area contributed by atoms with E-state index in [1.807, 2.05) is 0 Å². The summed E-state index contributed by atoms with van der Waals surface area (Å²) in [4.78, 5) is 12.0. The van der Waals surface area contributed by atoms with Crippen LogP contribution in [0.3, 0.4) is 0 Å². The first-order chi connectivity index (χ1) is 12.7. The zero-order chi connectivity index (χ0) is 19.9. The van der Waals surface area contributed by atoms with Crippen molar-refractivity contribution in [3.8, 4) is 0 Å². The summed E-state index contributed by atoms with van der Waals surface area (Å²) in [6.07, 6.45) is -6.19. The SMILES string of the molecule is COC(=O)C1=CO[C@@H](O[C@@H]2O[C@H](CO)[C@@H](O)[C@H](O)[C@H]2O)C2C1CCC2(C)O. The third-order valence-corrected chi connectivity index (χ3v) is 5.67. The van der Waals surface area contributed by atoms with Gasteiger partial charge in [0.25, 0.3) is 0 Å². The summed E-state index contributed by atoms with van der Waals surface area (Å²) in [5, 5.41) is 49.9. The highest BCUT2D eigenvalue weighted by molar-refractivity contribution is 5.89. The van der Waals surface area contributed by atoms with Gasteiger partial charge < -0.3 is 44.5 Å². The van der Waals surface area contributed by atoms with Crippen LogP contribution >= 0.6 is 0 Å². The maximum atomic E-state index is 12.0. The molecule has 2 heterocycles. The molecule has 3 aliphatic rings. The van der Waals surface area contributed by atoms with Crippen molar-refractivity contribution in [2.45, 2.75) is 62.4 Å². The van der Waals surface area contributed by atoms with Crippen molar-refractivity contribution in [1.82, 2.24) is 0 Å². The van der Waals surface area contributed by atoms with Gasteiger partial charge in [-0.3, -0.25) is 0 Å². The summed E-state index contributed by atoms with van der Waals surface area (Å²) in [7, 11) is 1.25. The molecule has 0 spiro atoms. The van der Waals surface area contributed by atoms with Gasteiger partial charge in [0.05, 0.1) is 37.1 Å². The van der Waals surface area contributed by atoms with E-state index in [1.165, 1.54) is 13.4 Å². The van der Waals surface area contributed by atoms with Crippen LogP contribution in [0.1, 0.15) is 19.8 Å². The van der Waals surface area contributed by atoms with Crippen LogP contribution in [0.15, 0.2) is 11.8 Å². The van der Waals surface area contributed by atoms with Crippen LogP contribution in [-0.2, 0) is 23.7 Å². The van der Waals surface area contributed by atoms with Crippen molar-refractivity contribution in [1.29, 1.82) is 0 Å². The molecule has 0 radical (unpaired) electrons. The molecule has 10 heteroatoms. The lowest BCUT2D eigenvalue weighted by molar-refractivity contribution is -0.346. The van der Waals surface area contributed by atoms with Gasteiger partial charge in [0.15, 0.2) is 6.29 Å². The molecule has 0 aromatic heterocycles. The summed E-state index contributed by atoms with van der Waals surface area (Å²) in [5.74, 6) is -1.59. The lowest BCUT2D eigenvalue weighted by Crippen LogP contribution is -2.60. The first-order valence-electron chi connectivity index (χ1n) is 8.83. The fourth-order valence-electron chi connectivity index (χ4n) is 4.12. The van der Waals surface area contributed by atoms with Crippen molar-refractivity contribution in [2.75, 3.05) is 13.7 Å². The number of aliphatic hydroxyl groups is 5. The van der Waals surface area contributed by atoms with Crippen molar-refractivity contribution in [3.63, 3.8) is 0 Å². The molecule has 10 nitrogen and oxygen atoms in total. The number of esters is 1. The molecular formula is C17H26O10. The van der Waals surface area contributed by atoms with E-state index >= 15 is 0 Å². The summed E-state index contributed by atoms with van der Waals surface area (Å²) in [6.45, 7) is 1.01. The van der Waals surface area contributed by atoms with E-state index in [2.05, 4.69) is 0 Å². The smallest absolute Gasteiger partial charge is 0.337 e. The summed E-state index contributed by atoms with van der Waals surface area (Å²) < 4.78 is 21.3. The van der Waals surface area contributed by atoms with Crippen molar-refractivity contribution in [2.24, 2.45) is 11.8 Å². The Hall–Kier alpha value is -1.27. The summed E-state index contributed by atoms with van der Waals surface area (Å²) in [6, 6.07) is 0. The van der Waals surface area contributed by atoms with Crippen LogP contribution in [0, 0.1) is 11.8 Å². The van der Waals surface area contributed by atoms with E-state index in [1.54, 1.807) is 6.92 Å². The predicted molar refractivity (Wildman–Crippen MR) is 86.7 cm³/mol. The molecule has 0 aromatic rings. The standard InChI is InChI=1S/C17H26O10/c1-17(23)4-3-7-8(14(22)24-2)6-25-15(10(7)17)27-16-13(21)12(20)11(19)9(5-18)26-16/h6-7,9-13,15-16,18-21,23H,3-5H2,1-2H3/t7?,9-,10?,11-,12+,13-,15+,16+,17?/m1/s1. The molecule has 0 bridgehead atoms. The van der Waals surface area contributed by atoms with Gasteiger partial charge in [0.1, 0.15) is 24.4 Å². The average molecular weight is 390 g/mol. The van der Waals surface area contributed by atoms with Gasteiger partial charge in [-0.1, -0.05) is 0 Å². The third kappa shape index (κ3) is 3.58. The van der Waals surface area contributed by atoms with Crippen LogP contribution in [0.4, 0.5) is 0 Å². The second kappa shape index (κ2) is 7.63. The minimum atomic E-state index is -1.60.